The molecule has 1 aromatic carbocycles. The summed E-state index contributed by atoms with van der Waals surface area (Å²) in [5, 5.41) is 10.1. The fourth-order valence-corrected chi connectivity index (χ4v) is 3.45. The average molecular weight is 297 g/mol. The summed E-state index contributed by atoms with van der Waals surface area (Å²) in [7, 11) is 0. The average Bonchev–Trinajstić information content (AvgIpc) is 3.22. The summed E-state index contributed by atoms with van der Waals surface area (Å²) in [5.74, 6) is -1.09. The van der Waals surface area contributed by atoms with Crippen LogP contribution in [-0.2, 0) is 10.3 Å². The van der Waals surface area contributed by atoms with Crippen molar-refractivity contribution in [2.45, 2.75) is 43.9 Å². The highest BCUT2D eigenvalue weighted by Crippen LogP contribution is 2.45. The predicted molar refractivity (Wildman–Crippen MR) is 74.5 cm³/mol. The van der Waals surface area contributed by atoms with Gasteiger partial charge in [-0.1, -0.05) is 6.07 Å². The lowest BCUT2D eigenvalue weighted by Gasteiger charge is -2.46. The van der Waals surface area contributed by atoms with Crippen molar-refractivity contribution in [1.82, 2.24) is 0 Å². The molecule has 1 saturated heterocycles. The van der Waals surface area contributed by atoms with Crippen LogP contribution in [0, 0.1) is 23.5 Å². The second-order valence-corrected chi connectivity index (χ2v) is 6.43. The zero-order chi connectivity index (χ0) is 15.2. The van der Waals surface area contributed by atoms with Gasteiger partial charge in [-0.25, -0.2) is 8.78 Å². The smallest absolute Gasteiger partial charge is 0.131 e. The van der Waals surface area contributed by atoms with Crippen LogP contribution in [0.25, 0.3) is 0 Å². The van der Waals surface area contributed by atoms with Crippen LogP contribution in [-0.4, -0.2) is 23.9 Å². The molecule has 1 aromatic rings. The zero-order valence-corrected chi connectivity index (χ0v) is 12.1. The predicted octanol–water partition coefficient (Wildman–Crippen LogP) is 2.31. The van der Waals surface area contributed by atoms with E-state index >= 15 is 0 Å². The Balaban J connectivity index is 1.93. The summed E-state index contributed by atoms with van der Waals surface area (Å²) in [6.07, 6.45) is 2.30. The quantitative estimate of drug-likeness (QED) is 0.900. The lowest BCUT2D eigenvalue weighted by atomic mass is 9.71. The molecule has 2 aliphatic rings. The SMILES string of the molecule is C[C@H](O)[C@@H]1C[C@H](C2CC2)OC[C@@]1(N)c1ccc(F)cc1F. The number of hydrogen-bond acceptors (Lipinski definition) is 3. The number of hydrogen-bond donors (Lipinski definition) is 2. The number of aliphatic hydroxyl groups excluding tert-OH is 1. The minimum absolute atomic E-state index is 0.0878. The molecule has 3 N–H and O–H groups in total. The van der Waals surface area contributed by atoms with Crippen LogP contribution in [0.5, 0.6) is 0 Å². The Hall–Kier alpha value is -1.04. The van der Waals surface area contributed by atoms with E-state index in [1.54, 1.807) is 6.92 Å². The van der Waals surface area contributed by atoms with Gasteiger partial charge in [0.05, 0.1) is 24.4 Å². The van der Waals surface area contributed by atoms with Crippen LogP contribution in [0.2, 0.25) is 0 Å². The molecule has 21 heavy (non-hydrogen) atoms. The largest absolute Gasteiger partial charge is 0.393 e. The number of nitrogens with two attached hydrogens (primary N) is 1. The molecule has 1 aliphatic heterocycles. The maximum atomic E-state index is 14.1. The fraction of sp³-hybridized carbons (Fsp3) is 0.625. The highest BCUT2D eigenvalue weighted by atomic mass is 19.1. The number of aliphatic hydroxyl groups is 1. The van der Waals surface area contributed by atoms with Crippen molar-refractivity contribution < 1.29 is 18.6 Å². The molecule has 1 heterocycles. The lowest BCUT2D eigenvalue weighted by molar-refractivity contribution is -0.101. The first kappa shape index (κ1) is 14.9. The van der Waals surface area contributed by atoms with Gasteiger partial charge in [0.2, 0.25) is 0 Å². The monoisotopic (exact) mass is 297 g/mol. The fourth-order valence-electron chi connectivity index (χ4n) is 3.45. The lowest BCUT2D eigenvalue weighted by Crippen LogP contribution is -2.57. The van der Waals surface area contributed by atoms with E-state index in [0.717, 1.165) is 18.9 Å². The van der Waals surface area contributed by atoms with Crippen LogP contribution in [0.3, 0.4) is 0 Å². The maximum Gasteiger partial charge on any atom is 0.131 e. The maximum absolute atomic E-state index is 14.1. The second kappa shape index (κ2) is 5.30. The van der Waals surface area contributed by atoms with E-state index in [4.69, 9.17) is 10.5 Å². The van der Waals surface area contributed by atoms with Crippen LogP contribution >= 0.6 is 0 Å². The van der Waals surface area contributed by atoms with Crippen LogP contribution in [0.4, 0.5) is 8.78 Å². The van der Waals surface area contributed by atoms with Crippen molar-refractivity contribution >= 4 is 0 Å². The third-order valence-corrected chi connectivity index (χ3v) is 4.85. The topological polar surface area (TPSA) is 55.5 Å². The minimum atomic E-state index is -1.13. The Morgan fingerprint density at radius 1 is 1.38 bits per heavy atom. The number of halogens is 2. The molecule has 0 spiro atoms. The molecule has 3 rings (SSSR count). The molecule has 0 bridgehead atoms. The molecule has 0 aromatic heterocycles. The molecule has 0 radical (unpaired) electrons. The summed E-state index contributed by atoms with van der Waals surface area (Å²) in [5.41, 5.74) is 5.50. The van der Waals surface area contributed by atoms with Gasteiger partial charge < -0.3 is 15.6 Å². The molecular weight excluding hydrogens is 276 g/mol. The summed E-state index contributed by atoms with van der Waals surface area (Å²) < 4.78 is 33.1. The van der Waals surface area contributed by atoms with Gasteiger partial charge in [0, 0.05) is 17.5 Å². The third kappa shape index (κ3) is 2.70. The Morgan fingerprint density at radius 2 is 2.10 bits per heavy atom. The van der Waals surface area contributed by atoms with Gasteiger partial charge >= 0.3 is 0 Å². The molecule has 116 valence electrons. The normalized spacial score (nSPS) is 34.7. The van der Waals surface area contributed by atoms with Crippen molar-refractivity contribution in [3.05, 3.63) is 35.4 Å². The molecule has 2 fully saturated rings. The van der Waals surface area contributed by atoms with Gasteiger partial charge in [0.15, 0.2) is 0 Å². The van der Waals surface area contributed by atoms with E-state index < -0.39 is 23.3 Å². The second-order valence-electron chi connectivity index (χ2n) is 6.43. The summed E-state index contributed by atoms with van der Waals surface area (Å²) in [6.45, 7) is 1.81. The highest BCUT2D eigenvalue weighted by molar-refractivity contribution is 5.29. The van der Waals surface area contributed by atoms with E-state index in [2.05, 4.69) is 0 Å². The van der Waals surface area contributed by atoms with Gasteiger partial charge in [-0.05, 0) is 38.2 Å². The van der Waals surface area contributed by atoms with E-state index in [-0.39, 0.29) is 24.2 Å². The molecule has 3 nitrogen and oxygen atoms in total. The molecule has 5 heteroatoms. The van der Waals surface area contributed by atoms with Gasteiger partial charge in [-0.3, -0.25) is 0 Å². The van der Waals surface area contributed by atoms with Crippen LogP contribution in [0.15, 0.2) is 18.2 Å². The van der Waals surface area contributed by atoms with Crippen LogP contribution in [0.1, 0.15) is 31.7 Å². The van der Waals surface area contributed by atoms with E-state index in [1.807, 2.05) is 0 Å². The van der Waals surface area contributed by atoms with Gasteiger partial charge in [0.1, 0.15) is 11.6 Å². The highest BCUT2D eigenvalue weighted by Gasteiger charge is 2.49. The summed E-state index contributed by atoms with van der Waals surface area (Å²) in [4.78, 5) is 0. The first-order valence-electron chi connectivity index (χ1n) is 7.46. The van der Waals surface area contributed by atoms with Gasteiger partial charge in [-0.2, -0.15) is 0 Å². The molecule has 1 aliphatic carbocycles. The number of benzene rings is 1. The van der Waals surface area contributed by atoms with Crippen molar-refractivity contribution in [2.75, 3.05) is 6.61 Å². The molecule has 4 atom stereocenters. The number of ether oxygens (including phenoxy) is 1. The minimum Gasteiger partial charge on any atom is -0.393 e. The summed E-state index contributed by atoms with van der Waals surface area (Å²) in [6, 6.07) is 3.38. The number of rotatable bonds is 3. The Bertz CT molecular complexity index is 533. The standard InChI is InChI=1S/C16H21F2NO2/c1-9(20)13-7-15(10-2-3-10)21-8-16(13,19)12-5-4-11(17)6-14(12)18/h4-6,9-10,13,15,20H,2-3,7-8,19H2,1H3/t9-,13-,15+,16+/m0/s1. The molecule has 0 amide bonds. The third-order valence-electron chi connectivity index (χ3n) is 4.85. The van der Waals surface area contributed by atoms with Crippen molar-refractivity contribution in [2.24, 2.45) is 17.6 Å². The van der Waals surface area contributed by atoms with E-state index in [9.17, 15) is 13.9 Å². The van der Waals surface area contributed by atoms with Gasteiger partial charge in [-0.15, -0.1) is 0 Å². The first-order chi connectivity index (χ1) is 9.91. The van der Waals surface area contributed by atoms with Crippen molar-refractivity contribution in [3.63, 3.8) is 0 Å². The Labute approximate surface area is 123 Å². The summed E-state index contributed by atoms with van der Waals surface area (Å²) >= 11 is 0. The zero-order valence-electron chi connectivity index (χ0n) is 12.1. The van der Waals surface area contributed by atoms with Gasteiger partial charge in [0.25, 0.3) is 0 Å². The van der Waals surface area contributed by atoms with E-state index in [0.29, 0.717) is 12.3 Å². The van der Waals surface area contributed by atoms with Crippen LogP contribution < -0.4 is 5.73 Å². The Morgan fingerprint density at radius 3 is 2.67 bits per heavy atom. The van der Waals surface area contributed by atoms with Crippen molar-refractivity contribution in [1.29, 1.82) is 0 Å². The van der Waals surface area contributed by atoms with E-state index in [1.165, 1.54) is 12.1 Å². The van der Waals surface area contributed by atoms with Crippen molar-refractivity contribution in [3.8, 4) is 0 Å². The first-order valence-corrected chi connectivity index (χ1v) is 7.46. The molecular formula is C16H21F2NO2. The molecule has 0 unspecified atom stereocenters. The molecule has 1 saturated carbocycles. The Kier molecular flexibility index (Phi) is 3.76.